The number of carboxylic acids is 1. The average Bonchev–Trinajstić information content (AvgIpc) is 2.75. The van der Waals surface area contributed by atoms with Crippen molar-refractivity contribution in [3.05, 3.63) is 24.4 Å². The van der Waals surface area contributed by atoms with Crippen molar-refractivity contribution < 1.29 is 14.3 Å². The van der Waals surface area contributed by atoms with Gasteiger partial charge in [0.25, 0.3) is 0 Å². The molecule has 2 rings (SSSR count). The number of hydrogen-bond donors (Lipinski definition) is 2. The van der Waals surface area contributed by atoms with Crippen LogP contribution in [0.3, 0.4) is 0 Å². The normalized spacial score (nSPS) is 10.2. The van der Waals surface area contributed by atoms with Crippen molar-refractivity contribution >= 4 is 5.97 Å². The summed E-state index contributed by atoms with van der Waals surface area (Å²) in [4.78, 5) is 14.3. The van der Waals surface area contributed by atoms with Crippen molar-refractivity contribution in [2.45, 2.75) is 0 Å². The van der Waals surface area contributed by atoms with Crippen LogP contribution in [0.5, 0.6) is 0 Å². The molecule has 0 aliphatic carbocycles. The zero-order valence-electron chi connectivity index (χ0n) is 6.39. The van der Waals surface area contributed by atoms with Gasteiger partial charge in [0.15, 0.2) is 6.39 Å². The van der Waals surface area contributed by atoms with E-state index >= 15 is 0 Å². The van der Waals surface area contributed by atoms with Crippen LogP contribution in [0.15, 0.2) is 23.1 Å². The summed E-state index contributed by atoms with van der Waals surface area (Å²) in [5.41, 5.74) is 0.980. The molecule has 2 N–H and O–H groups in total. The van der Waals surface area contributed by atoms with E-state index in [0.717, 1.165) is 0 Å². The van der Waals surface area contributed by atoms with E-state index in [4.69, 9.17) is 9.52 Å². The number of oxazole rings is 1. The third-order valence-corrected chi connectivity index (χ3v) is 1.50. The van der Waals surface area contributed by atoms with Crippen LogP contribution in [0.2, 0.25) is 0 Å². The molecule has 0 aliphatic rings. The summed E-state index contributed by atoms with van der Waals surface area (Å²) in [5.74, 6) is -1.05. The van der Waals surface area contributed by atoms with E-state index in [-0.39, 0.29) is 5.69 Å². The highest BCUT2D eigenvalue weighted by Crippen LogP contribution is 2.14. The molecular formula is C7H5N3O3. The SMILES string of the molecule is O=C(O)c1cc(-c2cocn2)n[nH]1. The number of carboxylic acid groups (broad SMARTS) is 1. The fourth-order valence-corrected chi connectivity index (χ4v) is 0.902. The molecule has 6 heteroatoms. The Hall–Kier alpha value is -2.11. The highest BCUT2D eigenvalue weighted by Gasteiger charge is 2.10. The number of nitrogens with zero attached hydrogens (tertiary/aromatic N) is 2. The highest BCUT2D eigenvalue weighted by molar-refractivity contribution is 5.86. The Labute approximate surface area is 72.2 Å². The maximum Gasteiger partial charge on any atom is 0.353 e. The lowest BCUT2D eigenvalue weighted by Gasteiger charge is -1.81. The zero-order chi connectivity index (χ0) is 9.26. The van der Waals surface area contributed by atoms with Crippen LogP contribution in [0.1, 0.15) is 10.5 Å². The lowest BCUT2D eigenvalue weighted by atomic mass is 10.3. The third-order valence-electron chi connectivity index (χ3n) is 1.50. The number of hydrogen-bond acceptors (Lipinski definition) is 4. The summed E-state index contributed by atoms with van der Waals surface area (Å²) >= 11 is 0. The molecule has 0 radical (unpaired) electrons. The van der Waals surface area contributed by atoms with Crippen LogP contribution < -0.4 is 0 Å². The van der Waals surface area contributed by atoms with E-state index in [9.17, 15) is 4.79 Å². The van der Waals surface area contributed by atoms with Crippen molar-refractivity contribution in [3.63, 3.8) is 0 Å². The van der Waals surface area contributed by atoms with Gasteiger partial charge in [0, 0.05) is 6.07 Å². The van der Waals surface area contributed by atoms with Gasteiger partial charge in [-0.1, -0.05) is 0 Å². The summed E-state index contributed by atoms with van der Waals surface area (Å²) in [6.45, 7) is 0. The van der Waals surface area contributed by atoms with Gasteiger partial charge in [-0.05, 0) is 0 Å². The van der Waals surface area contributed by atoms with Gasteiger partial charge >= 0.3 is 5.97 Å². The third kappa shape index (κ3) is 1.28. The molecular weight excluding hydrogens is 174 g/mol. The van der Waals surface area contributed by atoms with Gasteiger partial charge in [0.1, 0.15) is 23.3 Å². The number of rotatable bonds is 2. The highest BCUT2D eigenvalue weighted by atomic mass is 16.4. The van der Waals surface area contributed by atoms with Crippen LogP contribution in [-0.4, -0.2) is 26.3 Å². The second-order valence-electron chi connectivity index (χ2n) is 2.35. The largest absolute Gasteiger partial charge is 0.477 e. The number of nitrogens with one attached hydrogen (secondary N) is 1. The Bertz CT molecular complexity index is 418. The lowest BCUT2D eigenvalue weighted by Crippen LogP contribution is -1.95. The van der Waals surface area contributed by atoms with E-state index in [1.807, 2.05) is 0 Å². The smallest absolute Gasteiger partial charge is 0.353 e. The van der Waals surface area contributed by atoms with Crippen molar-refractivity contribution in [2.24, 2.45) is 0 Å². The quantitative estimate of drug-likeness (QED) is 0.710. The molecule has 0 saturated heterocycles. The first-order chi connectivity index (χ1) is 6.27. The van der Waals surface area contributed by atoms with E-state index < -0.39 is 5.97 Å². The van der Waals surface area contributed by atoms with E-state index in [2.05, 4.69) is 15.2 Å². The summed E-state index contributed by atoms with van der Waals surface area (Å²) in [7, 11) is 0. The summed E-state index contributed by atoms with van der Waals surface area (Å²) in [6.07, 6.45) is 2.65. The molecule has 0 spiro atoms. The van der Waals surface area contributed by atoms with Gasteiger partial charge in [-0.2, -0.15) is 5.10 Å². The molecule has 2 aromatic heterocycles. The molecule has 0 aliphatic heterocycles. The molecule has 66 valence electrons. The number of aromatic nitrogens is 3. The van der Waals surface area contributed by atoms with Crippen LogP contribution in [0.4, 0.5) is 0 Å². The Morgan fingerprint density at radius 3 is 2.92 bits per heavy atom. The first-order valence-corrected chi connectivity index (χ1v) is 3.44. The Morgan fingerprint density at radius 2 is 2.38 bits per heavy atom. The van der Waals surface area contributed by atoms with Gasteiger partial charge in [0.05, 0.1) is 0 Å². The summed E-state index contributed by atoms with van der Waals surface area (Å²) in [5, 5.41) is 14.7. The Balaban J connectivity index is 2.39. The minimum atomic E-state index is -1.05. The minimum Gasteiger partial charge on any atom is -0.477 e. The molecule has 0 bridgehead atoms. The predicted octanol–water partition coefficient (Wildman–Crippen LogP) is 0.763. The molecule has 2 aromatic rings. The van der Waals surface area contributed by atoms with Gasteiger partial charge in [0.2, 0.25) is 0 Å². The summed E-state index contributed by atoms with van der Waals surface area (Å²) < 4.78 is 4.73. The Morgan fingerprint density at radius 1 is 1.54 bits per heavy atom. The first-order valence-electron chi connectivity index (χ1n) is 3.44. The molecule has 0 aromatic carbocycles. The number of H-pyrrole nitrogens is 1. The van der Waals surface area contributed by atoms with Crippen LogP contribution in [0, 0.1) is 0 Å². The van der Waals surface area contributed by atoms with Crippen LogP contribution >= 0.6 is 0 Å². The fraction of sp³-hybridized carbons (Fsp3) is 0. The van der Waals surface area contributed by atoms with Gasteiger partial charge in [-0.15, -0.1) is 0 Å². The van der Waals surface area contributed by atoms with Crippen molar-refractivity contribution in [1.29, 1.82) is 0 Å². The minimum absolute atomic E-state index is 0.0259. The molecule has 0 amide bonds. The molecule has 13 heavy (non-hydrogen) atoms. The predicted molar refractivity (Wildman–Crippen MR) is 41.0 cm³/mol. The van der Waals surface area contributed by atoms with Crippen LogP contribution in [0.25, 0.3) is 11.4 Å². The number of aromatic amines is 1. The van der Waals surface area contributed by atoms with Crippen molar-refractivity contribution in [3.8, 4) is 11.4 Å². The maximum atomic E-state index is 10.5. The van der Waals surface area contributed by atoms with Gasteiger partial charge in [-0.25, -0.2) is 9.78 Å². The molecule has 0 fully saturated rings. The van der Waals surface area contributed by atoms with E-state index in [0.29, 0.717) is 11.4 Å². The second kappa shape index (κ2) is 2.74. The molecule has 6 nitrogen and oxygen atoms in total. The standard InChI is InChI=1S/C7H5N3O3/c11-7(12)5-1-4(9-10-5)6-2-13-3-8-6/h1-3H,(H,9,10)(H,11,12). The zero-order valence-corrected chi connectivity index (χ0v) is 6.39. The monoisotopic (exact) mass is 179 g/mol. The molecule has 0 unspecified atom stereocenters. The fourth-order valence-electron chi connectivity index (χ4n) is 0.902. The van der Waals surface area contributed by atoms with Gasteiger partial charge in [-0.3, -0.25) is 5.10 Å². The lowest BCUT2D eigenvalue weighted by molar-refractivity contribution is 0.0690. The van der Waals surface area contributed by atoms with Crippen molar-refractivity contribution in [1.82, 2.24) is 15.2 Å². The van der Waals surface area contributed by atoms with Crippen LogP contribution in [-0.2, 0) is 0 Å². The topological polar surface area (TPSA) is 92.0 Å². The Kier molecular flexibility index (Phi) is 1.59. The molecule has 0 atom stereocenters. The second-order valence-corrected chi connectivity index (χ2v) is 2.35. The maximum absolute atomic E-state index is 10.5. The molecule has 0 saturated carbocycles. The first kappa shape index (κ1) is 7.53. The van der Waals surface area contributed by atoms with E-state index in [1.165, 1.54) is 18.7 Å². The number of carbonyl (C=O) groups is 1. The summed E-state index contributed by atoms with van der Waals surface area (Å²) in [6, 6.07) is 1.39. The number of aromatic carboxylic acids is 1. The van der Waals surface area contributed by atoms with Gasteiger partial charge < -0.3 is 9.52 Å². The average molecular weight is 179 g/mol. The van der Waals surface area contributed by atoms with E-state index in [1.54, 1.807) is 0 Å². The van der Waals surface area contributed by atoms with Crippen molar-refractivity contribution in [2.75, 3.05) is 0 Å². The molecule has 2 heterocycles.